The van der Waals surface area contributed by atoms with Crippen molar-refractivity contribution in [2.24, 2.45) is 0 Å². The SMILES string of the molecule is C=CCCC1CCC(CCc2ccc(-c3cc(F)c(C(F)(F)F)c(F)c3)c(F)c2)=CO1. The summed E-state index contributed by atoms with van der Waals surface area (Å²) in [5.74, 6) is -4.31. The maximum atomic E-state index is 14.6. The number of alkyl halides is 3. The van der Waals surface area contributed by atoms with Gasteiger partial charge in [0.25, 0.3) is 0 Å². The second-order valence-corrected chi connectivity index (χ2v) is 7.57. The molecule has 2 aromatic rings. The highest BCUT2D eigenvalue weighted by molar-refractivity contribution is 5.65. The van der Waals surface area contributed by atoms with E-state index in [2.05, 4.69) is 6.58 Å². The van der Waals surface area contributed by atoms with E-state index in [0.29, 0.717) is 30.5 Å². The normalized spacial score (nSPS) is 16.6. The number of halogens is 6. The van der Waals surface area contributed by atoms with Gasteiger partial charge in [-0.3, -0.25) is 0 Å². The molecule has 166 valence electrons. The average Bonchev–Trinajstić information content (AvgIpc) is 2.70. The second-order valence-electron chi connectivity index (χ2n) is 7.57. The van der Waals surface area contributed by atoms with Gasteiger partial charge in [-0.05, 0) is 73.4 Å². The molecule has 2 aromatic carbocycles. The number of hydrogen-bond donors (Lipinski definition) is 0. The van der Waals surface area contributed by atoms with Crippen LogP contribution in [0.1, 0.15) is 43.2 Å². The number of rotatable bonds is 7. The minimum atomic E-state index is -5.17. The van der Waals surface area contributed by atoms with Crippen LogP contribution < -0.4 is 0 Å². The lowest BCUT2D eigenvalue weighted by atomic mass is 9.96. The first-order chi connectivity index (χ1) is 14.7. The van der Waals surface area contributed by atoms with E-state index < -0.39 is 29.2 Å². The highest BCUT2D eigenvalue weighted by Crippen LogP contribution is 2.36. The maximum Gasteiger partial charge on any atom is 0.422 e. The van der Waals surface area contributed by atoms with E-state index in [1.165, 1.54) is 12.1 Å². The summed E-state index contributed by atoms with van der Waals surface area (Å²) in [7, 11) is 0. The van der Waals surface area contributed by atoms with Crippen LogP contribution >= 0.6 is 0 Å². The molecule has 3 rings (SSSR count). The second kappa shape index (κ2) is 9.62. The van der Waals surface area contributed by atoms with Crippen molar-refractivity contribution in [2.75, 3.05) is 0 Å². The van der Waals surface area contributed by atoms with Gasteiger partial charge in [0.05, 0.1) is 12.4 Å². The fourth-order valence-corrected chi connectivity index (χ4v) is 3.62. The van der Waals surface area contributed by atoms with Gasteiger partial charge in [0, 0.05) is 5.56 Å². The molecule has 0 saturated heterocycles. The molecule has 1 aliphatic rings. The minimum Gasteiger partial charge on any atom is -0.498 e. The third-order valence-electron chi connectivity index (χ3n) is 5.31. The van der Waals surface area contributed by atoms with Crippen molar-refractivity contribution in [3.63, 3.8) is 0 Å². The number of ether oxygens (including phenoxy) is 1. The van der Waals surface area contributed by atoms with E-state index in [9.17, 15) is 26.3 Å². The molecule has 0 fully saturated rings. The molecule has 0 saturated carbocycles. The molecule has 1 unspecified atom stereocenters. The van der Waals surface area contributed by atoms with E-state index in [4.69, 9.17) is 4.74 Å². The Morgan fingerprint density at radius 2 is 1.71 bits per heavy atom. The van der Waals surface area contributed by atoms with Gasteiger partial charge in [0.1, 0.15) is 23.0 Å². The van der Waals surface area contributed by atoms with E-state index >= 15 is 0 Å². The van der Waals surface area contributed by atoms with Crippen LogP contribution in [-0.4, -0.2) is 6.10 Å². The molecule has 0 N–H and O–H groups in total. The fourth-order valence-electron chi connectivity index (χ4n) is 3.62. The predicted octanol–water partition coefficient (Wildman–Crippen LogP) is 7.75. The maximum absolute atomic E-state index is 14.6. The molecule has 0 radical (unpaired) electrons. The molecule has 1 heterocycles. The van der Waals surface area contributed by atoms with Gasteiger partial charge in [0.2, 0.25) is 0 Å². The van der Waals surface area contributed by atoms with Gasteiger partial charge in [-0.25, -0.2) is 13.2 Å². The van der Waals surface area contributed by atoms with Crippen LogP contribution in [0.4, 0.5) is 26.3 Å². The minimum absolute atomic E-state index is 0.166. The quantitative estimate of drug-likeness (QED) is 0.316. The van der Waals surface area contributed by atoms with Crippen molar-refractivity contribution in [3.05, 3.63) is 83.4 Å². The summed E-state index contributed by atoms with van der Waals surface area (Å²) in [6.45, 7) is 3.69. The van der Waals surface area contributed by atoms with Crippen LogP contribution in [0, 0.1) is 17.5 Å². The topological polar surface area (TPSA) is 9.23 Å². The Bertz CT molecular complexity index is 954. The molecule has 0 amide bonds. The number of aryl methyl sites for hydroxylation is 1. The first-order valence-corrected chi connectivity index (χ1v) is 9.98. The van der Waals surface area contributed by atoms with Crippen molar-refractivity contribution in [1.29, 1.82) is 0 Å². The smallest absolute Gasteiger partial charge is 0.422 e. The summed E-state index contributed by atoms with van der Waals surface area (Å²) in [5.41, 5.74) is -0.653. The highest BCUT2D eigenvalue weighted by atomic mass is 19.4. The molecule has 0 aliphatic carbocycles. The Balaban J connectivity index is 1.69. The first-order valence-electron chi connectivity index (χ1n) is 9.98. The molecule has 0 aromatic heterocycles. The van der Waals surface area contributed by atoms with Gasteiger partial charge < -0.3 is 4.74 Å². The van der Waals surface area contributed by atoms with E-state index in [1.807, 2.05) is 6.08 Å². The third kappa shape index (κ3) is 5.71. The summed E-state index contributed by atoms with van der Waals surface area (Å²) < 4.78 is 86.1. The summed E-state index contributed by atoms with van der Waals surface area (Å²) in [6, 6.07) is 5.15. The van der Waals surface area contributed by atoms with Crippen LogP contribution in [0.25, 0.3) is 11.1 Å². The Morgan fingerprint density at radius 1 is 1.00 bits per heavy atom. The van der Waals surface area contributed by atoms with E-state index in [-0.39, 0.29) is 17.2 Å². The van der Waals surface area contributed by atoms with Crippen molar-refractivity contribution in [2.45, 2.75) is 50.8 Å². The van der Waals surface area contributed by atoms with Gasteiger partial charge in [-0.2, -0.15) is 13.2 Å². The fraction of sp³-hybridized carbons (Fsp3) is 0.333. The Labute approximate surface area is 177 Å². The monoisotopic (exact) mass is 440 g/mol. The van der Waals surface area contributed by atoms with Gasteiger partial charge >= 0.3 is 6.18 Å². The molecule has 31 heavy (non-hydrogen) atoms. The van der Waals surface area contributed by atoms with Crippen molar-refractivity contribution >= 4 is 0 Å². The summed E-state index contributed by atoms with van der Waals surface area (Å²) in [6.07, 6.45) is 3.48. The molecular formula is C24H22F6O. The lowest BCUT2D eigenvalue weighted by molar-refractivity contribution is -0.142. The summed E-state index contributed by atoms with van der Waals surface area (Å²) in [4.78, 5) is 0. The standard InChI is InChI=1S/C24H22F6O/c1-2-3-4-18-9-7-16(14-31-18)6-5-15-8-10-19(20(25)11-15)17-12-21(26)23(22(27)13-17)24(28,29)30/h2,8,10-14,18H,1,3-7,9H2. The third-order valence-corrected chi connectivity index (χ3v) is 5.31. The predicted molar refractivity (Wildman–Crippen MR) is 107 cm³/mol. The summed E-state index contributed by atoms with van der Waals surface area (Å²) in [5, 5.41) is 0. The first kappa shape index (κ1) is 23.0. The van der Waals surface area contributed by atoms with Crippen LogP contribution in [0.5, 0.6) is 0 Å². The largest absolute Gasteiger partial charge is 0.498 e. The average molecular weight is 440 g/mol. The van der Waals surface area contributed by atoms with Crippen LogP contribution in [0.2, 0.25) is 0 Å². The lowest BCUT2D eigenvalue weighted by Crippen LogP contribution is -2.14. The zero-order valence-corrected chi connectivity index (χ0v) is 16.7. The molecule has 1 atom stereocenters. The van der Waals surface area contributed by atoms with E-state index in [0.717, 1.165) is 31.3 Å². The molecular weight excluding hydrogens is 418 g/mol. The number of benzene rings is 2. The van der Waals surface area contributed by atoms with Gasteiger partial charge in [0.15, 0.2) is 0 Å². The van der Waals surface area contributed by atoms with Crippen LogP contribution in [0.15, 0.2) is 54.8 Å². The van der Waals surface area contributed by atoms with Crippen molar-refractivity contribution in [3.8, 4) is 11.1 Å². The number of hydrogen-bond acceptors (Lipinski definition) is 1. The van der Waals surface area contributed by atoms with Crippen molar-refractivity contribution < 1.29 is 31.1 Å². The Morgan fingerprint density at radius 3 is 2.26 bits per heavy atom. The number of allylic oxidation sites excluding steroid dienone is 2. The van der Waals surface area contributed by atoms with E-state index in [1.54, 1.807) is 12.3 Å². The zero-order chi connectivity index (χ0) is 22.6. The van der Waals surface area contributed by atoms with Gasteiger partial charge in [-0.1, -0.05) is 18.2 Å². The molecule has 0 bridgehead atoms. The molecule has 0 spiro atoms. The Kier molecular flexibility index (Phi) is 7.13. The van der Waals surface area contributed by atoms with Gasteiger partial charge in [-0.15, -0.1) is 6.58 Å². The van der Waals surface area contributed by atoms with Crippen LogP contribution in [0.3, 0.4) is 0 Å². The molecule has 1 aliphatic heterocycles. The molecule has 7 heteroatoms. The van der Waals surface area contributed by atoms with Crippen LogP contribution in [-0.2, 0) is 17.3 Å². The lowest BCUT2D eigenvalue weighted by Gasteiger charge is -2.23. The Hall–Kier alpha value is -2.70. The van der Waals surface area contributed by atoms with Crippen molar-refractivity contribution in [1.82, 2.24) is 0 Å². The molecule has 1 nitrogen and oxygen atoms in total. The highest BCUT2D eigenvalue weighted by Gasteiger charge is 2.38. The summed E-state index contributed by atoms with van der Waals surface area (Å²) >= 11 is 0. The zero-order valence-electron chi connectivity index (χ0n) is 16.7.